The summed E-state index contributed by atoms with van der Waals surface area (Å²) in [6, 6.07) is 10.6. The number of hydrogen-bond acceptors (Lipinski definition) is 6. The average molecular weight is 520 g/mol. The lowest BCUT2D eigenvalue weighted by Gasteiger charge is -2.34. The zero-order chi connectivity index (χ0) is 26.1. The van der Waals surface area contributed by atoms with Crippen LogP contribution >= 0.6 is 11.3 Å². The fourth-order valence-corrected chi connectivity index (χ4v) is 5.21. The van der Waals surface area contributed by atoms with Crippen LogP contribution in [0.2, 0.25) is 0 Å². The van der Waals surface area contributed by atoms with E-state index in [1.165, 1.54) is 4.90 Å². The second-order valence-corrected chi connectivity index (χ2v) is 10.6. The van der Waals surface area contributed by atoms with Crippen LogP contribution in [0.5, 0.6) is 11.6 Å². The van der Waals surface area contributed by atoms with Crippen molar-refractivity contribution in [1.82, 2.24) is 14.9 Å². The van der Waals surface area contributed by atoms with Crippen molar-refractivity contribution in [2.45, 2.75) is 38.8 Å². The zero-order valence-corrected chi connectivity index (χ0v) is 21.1. The third-order valence-corrected chi connectivity index (χ3v) is 7.01. The standard InChI is InChI=1S/C25H28F3N5O2S/c1-24(2,3)17-8-4-5-9-18(17)35-21-16(7-6-10-30-21)15-19-31-20(25(26,27)28)22(36-19)32-11-13-33(14-12-32)23(29)34/h4-10H,11-15H2,1-3H3,(H2,29,34). The number of rotatable bonds is 5. The van der Waals surface area contributed by atoms with Crippen LogP contribution in [0.25, 0.3) is 0 Å². The molecule has 2 aromatic heterocycles. The number of urea groups is 1. The first-order chi connectivity index (χ1) is 16.9. The number of hydrogen-bond donors (Lipinski definition) is 1. The summed E-state index contributed by atoms with van der Waals surface area (Å²) in [5, 5.41) is 0.350. The van der Waals surface area contributed by atoms with Crippen LogP contribution in [-0.4, -0.2) is 47.1 Å². The molecule has 11 heteroatoms. The van der Waals surface area contributed by atoms with E-state index >= 15 is 0 Å². The molecular formula is C25H28F3N5O2S. The van der Waals surface area contributed by atoms with Gasteiger partial charge in [0.25, 0.3) is 0 Å². The number of primary amides is 1. The van der Waals surface area contributed by atoms with Gasteiger partial charge in [-0.15, -0.1) is 11.3 Å². The summed E-state index contributed by atoms with van der Waals surface area (Å²) in [4.78, 5) is 22.8. The summed E-state index contributed by atoms with van der Waals surface area (Å²) >= 11 is 0.997. The number of halogens is 3. The molecule has 3 aromatic rings. The Morgan fingerprint density at radius 1 is 1.08 bits per heavy atom. The Bertz CT molecular complexity index is 1230. The Morgan fingerprint density at radius 3 is 2.42 bits per heavy atom. The Labute approximate surface area is 211 Å². The van der Waals surface area contributed by atoms with Crippen LogP contribution < -0.4 is 15.4 Å². The monoisotopic (exact) mass is 519 g/mol. The molecule has 0 atom stereocenters. The second-order valence-electron chi connectivity index (χ2n) is 9.56. The van der Waals surface area contributed by atoms with Crippen molar-refractivity contribution in [2.24, 2.45) is 5.73 Å². The highest BCUT2D eigenvalue weighted by atomic mass is 32.1. The van der Waals surface area contributed by atoms with Crippen LogP contribution in [0, 0.1) is 0 Å². The number of amides is 2. The summed E-state index contributed by atoms with van der Waals surface area (Å²) in [5.74, 6) is 0.975. The molecule has 1 aromatic carbocycles. The number of carbonyl (C=O) groups is 1. The molecule has 192 valence electrons. The molecular weight excluding hydrogens is 491 g/mol. The van der Waals surface area contributed by atoms with Crippen LogP contribution in [-0.2, 0) is 18.0 Å². The van der Waals surface area contributed by atoms with Gasteiger partial charge < -0.3 is 20.3 Å². The van der Waals surface area contributed by atoms with Gasteiger partial charge >= 0.3 is 12.2 Å². The molecule has 1 saturated heterocycles. The van der Waals surface area contributed by atoms with Crippen molar-refractivity contribution in [3.8, 4) is 11.6 Å². The van der Waals surface area contributed by atoms with Gasteiger partial charge in [0.2, 0.25) is 5.88 Å². The lowest BCUT2D eigenvalue weighted by Crippen LogP contribution is -2.50. The second kappa shape index (κ2) is 9.96. The predicted molar refractivity (Wildman–Crippen MR) is 133 cm³/mol. The van der Waals surface area contributed by atoms with Gasteiger partial charge in [0, 0.05) is 49.9 Å². The topological polar surface area (TPSA) is 84.6 Å². The Balaban J connectivity index is 1.62. The molecule has 2 N–H and O–H groups in total. The van der Waals surface area contributed by atoms with Crippen molar-refractivity contribution >= 4 is 22.4 Å². The molecule has 1 aliphatic heterocycles. The van der Waals surface area contributed by atoms with Crippen LogP contribution in [0.4, 0.5) is 23.0 Å². The number of anilines is 1. The van der Waals surface area contributed by atoms with Crippen LogP contribution in [0.15, 0.2) is 42.6 Å². The van der Waals surface area contributed by atoms with Gasteiger partial charge in [0.15, 0.2) is 5.69 Å². The van der Waals surface area contributed by atoms with E-state index in [2.05, 4.69) is 30.7 Å². The van der Waals surface area contributed by atoms with Gasteiger partial charge in [-0.25, -0.2) is 14.8 Å². The maximum absolute atomic E-state index is 13.9. The highest BCUT2D eigenvalue weighted by molar-refractivity contribution is 7.16. The lowest BCUT2D eigenvalue weighted by molar-refractivity contribution is -0.140. The molecule has 0 saturated carbocycles. The number of carbonyl (C=O) groups excluding carboxylic acids is 1. The molecule has 2 amide bonds. The summed E-state index contributed by atoms with van der Waals surface area (Å²) in [6.07, 6.45) is -2.88. The fourth-order valence-electron chi connectivity index (χ4n) is 4.05. The van der Waals surface area contributed by atoms with Gasteiger partial charge in [0.1, 0.15) is 10.8 Å². The minimum absolute atomic E-state index is 0.0473. The number of aromatic nitrogens is 2. The van der Waals surface area contributed by atoms with Crippen LogP contribution in [0.3, 0.4) is 0 Å². The third-order valence-electron chi connectivity index (χ3n) is 5.89. The predicted octanol–water partition coefficient (Wildman–Crippen LogP) is 5.44. The largest absolute Gasteiger partial charge is 0.438 e. The minimum Gasteiger partial charge on any atom is -0.438 e. The molecule has 3 heterocycles. The highest BCUT2D eigenvalue weighted by Crippen LogP contribution is 2.41. The molecule has 7 nitrogen and oxygen atoms in total. The molecule has 0 radical (unpaired) electrons. The van der Waals surface area contributed by atoms with Gasteiger partial charge in [-0.05, 0) is 17.5 Å². The van der Waals surface area contributed by atoms with Crippen molar-refractivity contribution in [3.05, 3.63) is 64.4 Å². The van der Waals surface area contributed by atoms with Crippen LogP contribution in [0.1, 0.15) is 42.6 Å². The third kappa shape index (κ3) is 5.72. The first-order valence-electron chi connectivity index (χ1n) is 11.5. The molecule has 36 heavy (non-hydrogen) atoms. The summed E-state index contributed by atoms with van der Waals surface area (Å²) in [7, 11) is 0. The normalized spacial score (nSPS) is 14.7. The smallest absolute Gasteiger partial charge is 0.436 e. The highest BCUT2D eigenvalue weighted by Gasteiger charge is 2.40. The fraction of sp³-hybridized carbons (Fsp3) is 0.400. The van der Waals surface area contributed by atoms with Crippen molar-refractivity contribution in [1.29, 1.82) is 0 Å². The number of pyridine rings is 1. The molecule has 0 unspecified atom stereocenters. The molecule has 0 aliphatic carbocycles. The number of nitrogens with zero attached hydrogens (tertiary/aromatic N) is 4. The number of benzene rings is 1. The molecule has 0 spiro atoms. The van der Waals surface area contributed by atoms with Gasteiger partial charge in [-0.2, -0.15) is 13.2 Å². The first kappa shape index (κ1) is 25.7. The number of ether oxygens (including phenoxy) is 1. The number of thiazole rings is 1. The summed E-state index contributed by atoms with van der Waals surface area (Å²) in [6.45, 7) is 7.24. The first-order valence-corrected chi connectivity index (χ1v) is 12.3. The van der Waals surface area contributed by atoms with E-state index in [4.69, 9.17) is 10.5 Å². The Hall–Kier alpha value is -3.34. The summed E-state index contributed by atoms with van der Waals surface area (Å²) < 4.78 is 47.8. The van der Waals surface area contributed by atoms with Crippen molar-refractivity contribution < 1.29 is 22.7 Å². The van der Waals surface area contributed by atoms with E-state index in [1.807, 2.05) is 24.3 Å². The molecule has 0 bridgehead atoms. The van der Waals surface area contributed by atoms with Gasteiger partial charge in [0.05, 0.1) is 5.01 Å². The molecule has 4 rings (SSSR count). The van der Waals surface area contributed by atoms with Gasteiger partial charge in [-0.3, -0.25) is 0 Å². The Morgan fingerprint density at radius 2 is 1.78 bits per heavy atom. The van der Waals surface area contributed by atoms with Crippen molar-refractivity contribution in [3.63, 3.8) is 0 Å². The molecule has 1 fully saturated rings. The zero-order valence-electron chi connectivity index (χ0n) is 20.3. The van der Waals surface area contributed by atoms with E-state index < -0.39 is 17.9 Å². The number of para-hydroxylation sites is 1. The van der Waals surface area contributed by atoms with E-state index in [0.717, 1.165) is 16.9 Å². The maximum Gasteiger partial charge on any atom is 0.436 e. The minimum atomic E-state index is -4.61. The SMILES string of the molecule is CC(C)(C)c1ccccc1Oc1ncccc1Cc1nc(C(F)(F)F)c(N2CCN(C(N)=O)CC2)s1. The lowest BCUT2D eigenvalue weighted by atomic mass is 9.86. The average Bonchev–Trinajstić information content (AvgIpc) is 3.25. The van der Waals surface area contributed by atoms with Gasteiger partial charge in [-0.1, -0.05) is 45.0 Å². The quantitative estimate of drug-likeness (QED) is 0.485. The van der Waals surface area contributed by atoms with E-state index in [9.17, 15) is 18.0 Å². The Kier molecular flexibility index (Phi) is 7.12. The van der Waals surface area contributed by atoms with E-state index in [1.54, 1.807) is 23.2 Å². The van der Waals surface area contributed by atoms with Crippen molar-refractivity contribution in [2.75, 3.05) is 31.1 Å². The van der Waals surface area contributed by atoms with E-state index in [-0.39, 0.29) is 43.0 Å². The number of nitrogens with two attached hydrogens (primary N) is 1. The molecule has 1 aliphatic rings. The number of piperazine rings is 1. The van der Waals surface area contributed by atoms with E-state index in [0.29, 0.717) is 22.2 Å². The maximum atomic E-state index is 13.9. The summed E-state index contributed by atoms with van der Waals surface area (Å²) in [5.41, 5.74) is 5.84. The number of alkyl halides is 3.